The van der Waals surface area contributed by atoms with E-state index in [1.54, 1.807) is 0 Å². The van der Waals surface area contributed by atoms with Crippen LogP contribution in [0.3, 0.4) is 0 Å². The summed E-state index contributed by atoms with van der Waals surface area (Å²) in [6.07, 6.45) is 1.13. The molecule has 3 rings (SSSR count). The van der Waals surface area contributed by atoms with E-state index in [-0.39, 0.29) is 17.6 Å². The third-order valence-electron chi connectivity index (χ3n) is 3.24. The standard InChI is InChI=1S/C12H12N2O2.CH4O3S/c15-9-5-6-13-12(16)11-10(9)7-3-1-2-4-8(7)14-11;1-5(2,3)4/h1-4,10-11,14H,5-6H2,(H,13,16);1H3,(H,2,3,4). The van der Waals surface area contributed by atoms with Crippen LogP contribution in [0.5, 0.6) is 0 Å². The van der Waals surface area contributed by atoms with Crippen molar-refractivity contribution in [3.8, 4) is 0 Å². The van der Waals surface area contributed by atoms with Crippen molar-refractivity contribution in [1.82, 2.24) is 5.32 Å². The van der Waals surface area contributed by atoms with E-state index >= 15 is 0 Å². The van der Waals surface area contributed by atoms with E-state index < -0.39 is 16.2 Å². The highest BCUT2D eigenvalue weighted by Gasteiger charge is 2.42. The summed E-state index contributed by atoms with van der Waals surface area (Å²) in [7, 11) is -3.67. The number of carbonyl (C=O) groups excluding carboxylic acids is 2. The minimum absolute atomic E-state index is 0.0768. The maximum atomic E-state index is 12.0. The maximum absolute atomic E-state index is 12.0. The first-order valence-electron chi connectivity index (χ1n) is 6.35. The number of para-hydroxylation sites is 1. The molecule has 0 radical (unpaired) electrons. The monoisotopic (exact) mass is 312 g/mol. The lowest BCUT2D eigenvalue weighted by atomic mass is 9.90. The Labute approximate surface area is 122 Å². The van der Waals surface area contributed by atoms with E-state index in [0.717, 1.165) is 11.3 Å². The summed E-state index contributed by atoms with van der Waals surface area (Å²) in [5, 5.41) is 5.88. The molecule has 0 saturated carbocycles. The zero-order chi connectivity index (χ0) is 15.6. The second kappa shape index (κ2) is 5.82. The average molecular weight is 312 g/mol. The molecule has 1 aromatic carbocycles. The Morgan fingerprint density at radius 3 is 2.52 bits per heavy atom. The minimum atomic E-state index is -3.67. The highest BCUT2D eigenvalue weighted by Crippen LogP contribution is 2.37. The molecule has 0 spiro atoms. The molecular formula is C13H16N2O5S. The van der Waals surface area contributed by atoms with Gasteiger partial charge < -0.3 is 10.6 Å². The van der Waals surface area contributed by atoms with Crippen LogP contribution in [0.25, 0.3) is 0 Å². The Balaban J connectivity index is 0.000000282. The molecule has 2 aliphatic rings. The molecule has 2 heterocycles. The number of Topliss-reactive ketones (excluding diaryl/α,β-unsaturated/α-hetero) is 1. The van der Waals surface area contributed by atoms with Crippen LogP contribution in [-0.2, 0) is 19.7 Å². The third kappa shape index (κ3) is 3.79. The van der Waals surface area contributed by atoms with E-state index in [1.807, 2.05) is 24.3 Å². The van der Waals surface area contributed by atoms with Crippen molar-refractivity contribution in [2.24, 2.45) is 0 Å². The predicted octanol–water partition coefficient (Wildman–Crippen LogP) is 0.157. The van der Waals surface area contributed by atoms with Gasteiger partial charge in [-0.05, 0) is 11.6 Å². The molecule has 7 nitrogen and oxygen atoms in total. The van der Waals surface area contributed by atoms with Crippen molar-refractivity contribution in [2.75, 3.05) is 18.1 Å². The number of fused-ring (bicyclic) bond motifs is 3. The van der Waals surface area contributed by atoms with Gasteiger partial charge >= 0.3 is 0 Å². The number of benzene rings is 1. The molecular weight excluding hydrogens is 296 g/mol. The fraction of sp³-hybridized carbons (Fsp3) is 0.385. The quantitative estimate of drug-likeness (QED) is 0.588. The van der Waals surface area contributed by atoms with Crippen LogP contribution in [0.1, 0.15) is 17.9 Å². The summed E-state index contributed by atoms with van der Waals surface area (Å²) in [6, 6.07) is 7.21. The SMILES string of the molecule is CS(=O)(=O)O.O=C1NCCC(=O)C2c3ccccc3NC12. The van der Waals surface area contributed by atoms with Gasteiger partial charge in [0.05, 0.1) is 12.2 Å². The normalized spacial score (nSPS) is 23.7. The van der Waals surface area contributed by atoms with Gasteiger partial charge in [0.25, 0.3) is 10.1 Å². The van der Waals surface area contributed by atoms with Crippen LogP contribution in [0.2, 0.25) is 0 Å². The largest absolute Gasteiger partial charge is 0.373 e. The zero-order valence-corrected chi connectivity index (χ0v) is 12.2. The molecule has 1 fully saturated rings. The van der Waals surface area contributed by atoms with Gasteiger partial charge in [-0.2, -0.15) is 8.42 Å². The fourth-order valence-electron chi connectivity index (χ4n) is 2.48. The Bertz CT molecular complexity index is 663. The van der Waals surface area contributed by atoms with Gasteiger partial charge in [0.15, 0.2) is 0 Å². The Kier molecular flexibility index (Phi) is 4.29. The van der Waals surface area contributed by atoms with Crippen LogP contribution in [0.4, 0.5) is 5.69 Å². The molecule has 2 atom stereocenters. The number of rotatable bonds is 0. The van der Waals surface area contributed by atoms with Gasteiger partial charge in [-0.3, -0.25) is 14.1 Å². The third-order valence-corrected chi connectivity index (χ3v) is 3.24. The van der Waals surface area contributed by atoms with Crippen molar-refractivity contribution in [1.29, 1.82) is 0 Å². The lowest BCUT2D eigenvalue weighted by Crippen LogP contribution is -2.39. The van der Waals surface area contributed by atoms with Crippen LogP contribution < -0.4 is 10.6 Å². The molecule has 1 aromatic rings. The van der Waals surface area contributed by atoms with E-state index in [1.165, 1.54) is 0 Å². The van der Waals surface area contributed by atoms with E-state index in [4.69, 9.17) is 4.55 Å². The number of hydrogen-bond donors (Lipinski definition) is 3. The molecule has 0 aliphatic carbocycles. The lowest BCUT2D eigenvalue weighted by molar-refractivity contribution is -0.124. The summed E-state index contributed by atoms with van der Waals surface area (Å²) in [5.41, 5.74) is 1.86. The first kappa shape index (κ1) is 15.5. The molecule has 0 aromatic heterocycles. The number of nitrogens with one attached hydrogen (secondary N) is 2. The van der Waals surface area contributed by atoms with Crippen molar-refractivity contribution >= 4 is 27.5 Å². The molecule has 1 amide bonds. The van der Waals surface area contributed by atoms with Gasteiger partial charge in [0.1, 0.15) is 11.8 Å². The summed E-state index contributed by atoms with van der Waals surface area (Å²) in [4.78, 5) is 23.8. The number of amides is 1. The highest BCUT2D eigenvalue weighted by molar-refractivity contribution is 7.85. The second-order valence-electron chi connectivity index (χ2n) is 4.93. The molecule has 0 bridgehead atoms. The lowest BCUT2D eigenvalue weighted by Gasteiger charge is -2.13. The molecule has 3 N–H and O–H groups in total. The van der Waals surface area contributed by atoms with E-state index in [2.05, 4.69) is 10.6 Å². The average Bonchev–Trinajstić information content (AvgIpc) is 2.69. The first-order chi connectivity index (χ1) is 9.77. The van der Waals surface area contributed by atoms with E-state index in [0.29, 0.717) is 19.2 Å². The number of hydrogen-bond acceptors (Lipinski definition) is 5. The van der Waals surface area contributed by atoms with Crippen molar-refractivity contribution in [2.45, 2.75) is 18.4 Å². The molecule has 8 heteroatoms. The number of carbonyl (C=O) groups is 2. The Morgan fingerprint density at radius 1 is 1.24 bits per heavy atom. The van der Waals surface area contributed by atoms with Crippen LogP contribution in [-0.4, -0.2) is 43.5 Å². The summed E-state index contributed by atoms with van der Waals surface area (Å²) < 4.78 is 25.9. The summed E-state index contributed by atoms with van der Waals surface area (Å²) in [6.45, 7) is 0.453. The van der Waals surface area contributed by atoms with Crippen LogP contribution in [0.15, 0.2) is 24.3 Å². The highest BCUT2D eigenvalue weighted by atomic mass is 32.2. The molecule has 1 saturated heterocycles. The Morgan fingerprint density at radius 2 is 1.86 bits per heavy atom. The Hall–Kier alpha value is -1.93. The topological polar surface area (TPSA) is 113 Å². The minimum Gasteiger partial charge on any atom is -0.373 e. The van der Waals surface area contributed by atoms with Crippen LogP contribution >= 0.6 is 0 Å². The molecule has 2 aliphatic heterocycles. The maximum Gasteiger partial charge on any atom is 0.261 e. The fourth-order valence-corrected chi connectivity index (χ4v) is 2.48. The van der Waals surface area contributed by atoms with E-state index in [9.17, 15) is 18.0 Å². The van der Waals surface area contributed by atoms with Gasteiger partial charge in [-0.1, -0.05) is 18.2 Å². The van der Waals surface area contributed by atoms with Crippen molar-refractivity contribution in [3.05, 3.63) is 29.8 Å². The van der Waals surface area contributed by atoms with Crippen molar-refractivity contribution < 1.29 is 22.6 Å². The molecule has 21 heavy (non-hydrogen) atoms. The summed E-state index contributed by atoms with van der Waals surface area (Å²) in [5.74, 6) is -0.244. The second-order valence-corrected chi connectivity index (χ2v) is 6.39. The summed E-state index contributed by atoms with van der Waals surface area (Å²) >= 11 is 0. The van der Waals surface area contributed by atoms with Gasteiger partial charge in [-0.25, -0.2) is 0 Å². The molecule has 114 valence electrons. The zero-order valence-electron chi connectivity index (χ0n) is 11.4. The van der Waals surface area contributed by atoms with Gasteiger partial charge in [-0.15, -0.1) is 0 Å². The number of ketones is 1. The first-order valence-corrected chi connectivity index (χ1v) is 8.20. The molecule has 2 unspecified atom stereocenters. The van der Waals surface area contributed by atoms with Gasteiger partial charge in [0.2, 0.25) is 5.91 Å². The predicted molar refractivity (Wildman–Crippen MR) is 76.7 cm³/mol. The number of anilines is 1. The van der Waals surface area contributed by atoms with Gasteiger partial charge in [0, 0.05) is 18.7 Å². The van der Waals surface area contributed by atoms with Crippen molar-refractivity contribution in [3.63, 3.8) is 0 Å². The smallest absolute Gasteiger partial charge is 0.261 e. The van der Waals surface area contributed by atoms with Crippen LogP contribution in [0, 0.1) is 0 Å².